The van der Waals surface area contributed by atoms with Gasteiger partial charge in [-0.25, -0.2) is 0 Å². The number of nitrogens with one attached hydrogen (secondary N) is 1. The van der Waals surface area contributed by atoms with Crippen molar-refractivity contribution in [2.24, 2.45) is 5.92 Å². The number of anilines is 1. The van der Waals surface area contributed by atoms with Crippen LogP contribution in [0.2, 0.25) is 0 Å². The quantitative estimate of drug-likeness (QED) is 0.486. The largest absolute Gasteiger partial charge is 0.497 e. The highest BCUT2D eigenvalue weighted by Crippen LogP contribution is 2.36. The number of hydrogen-bond donors (Lipinski definition) is 2. The molecule has 1 heterocycles. The summed E-state index contributed by atoms with van der Waals surface area (Å²) < 4.78 is 5.36. The average Bonchev–Trinajstić information content (AvgIpc) is 2.79. The van der Waals surface area contributed by atoms with Gasteiger partial charge < -0.3 is 20.7 Å². The number of ether oxygens (including phenoxy) is 1. The Morgan fingerprint density at radius 1 is 1.13 bits per heavy atom. The summed E-state index contributed by atoms with van der Waals surface area (Å²) in [7, 11) is 1.70. The monoisotopic (exact) mass is 435 g/mol. The zero-order chi connectivity index (χ0) is 21.8. The number of nitrogen functional groups attached to an aromatic ring is 1. The Hall–Kier alpha value is -2.53. The van der Waals surface area contributed by atoms with Crippen LogP contribution in [0.15, 0.2) is 54.6 Å². The van der Waals surface area contributed by atoms with E-state index >= 15 is 0 Å². The second kappa shape index (κ2) is 9.73. The minimum atomic E-state index is 0.0651. The predicted molar refractivity (Wildman–Crippen MR) is 133 cm³/mol. The van der Waals surface area contributed by atoms with E-state index in [9.17, 15) is 0 Å². The predicted octanol–water partition coefficient (Wildman–Crippen LogP) is 5.56. The molecule has 4 nitrogen and oxygen atoms in total. The van der Waals surface area contributed by atoms with Gasteiger partial charge in [0.25, 0.3) is 0 Å². The van der Waals surface area contributed by atoms with Gasteiger partial charge in [0, 0.05) is 23.8 Å². The fourth-order valence-electron chi connectivity index (χ4n) is 4.89. The van der Waals surface area contributed by atoms with Crippen molar-refractivity contribution in [3.8, 4) is 5.75 Å². The van der Waals surface area contributed by atoms with Gasteiger partial charge >= 0.3 is 0 Å². The molecule has 4 rings (SSSR count). The molecule has 3 N–H and O–H groups in total. The standard InChI is InChI=1S/C26H33N3OS/c1-18-6-5-7-21(16-18)28-26(31)29-15-14-20(23-8-3-4-9-24(23)27)17-25(29)19-10-12-22(30-2)13-11-19/h3-4,8-13,17-18,21,25H,5-7,14-16,27H2,1-2H3,(H,28,31). The van der Waals surface area contributed by atoms with E-state index in [2.05, 4.69) is 47.5 Å². The summed E-state index contributed by atoms with van der Waals surface area (Å²) >= 11 is 5.94. The molecule has 3 atom stereocenters. The molecule has 5 heteroatoms. The Morgan fingerprint density at radius 3 is 2.61 bits per heavy atom. The van der Waals surface area contributed by atoms with E-state index in [0.29, 0.717) is 6.04 Å². The van der Waals surface area contributed by atoms with Gasteiger partial charge in [-0.15, -0.1) is 0 Å². The summed E-state index contributed by atoms with van der Waals surface area (Å²) in [5.41, 5.74) is 10.7. The molecule has 0 amide bonds. The topological polar surface area (TPSA) is 50.5 Å². The molecule has 2 aliphatic rings. The number of nitrogens with two attached hydrogens (primary N) is 1. The van der Waals surface area contributed by atoms with Crippen LogP contribution in [-0.4, -0.2) is 29.7 Å². The van der Waals surface area contributed by atoms with E-state index in [1.165, 1.54) is 36.8 Å². The highest BCUT2D eigenvalue weighted by atomic mass is 32.1. The lowest BCUT2D eigenvalue weighted by molar-refractivity contribution is 0.303. The van der Waals surface area contributed by atoms with Gasteiger partial charge in [-0.05, 0) is 66.7 Å². The zero-order valence-electron chi connectivity index (χ0n) is 18.5. The highest BCUT2D eigenvalue weighted by Gasteiger charge is 2.28. The lowest BCUT2D eigenvalue weighted by atomic mass is 9.87. The molecule has 0 spiro atoms. The average molecular weight is 436 g/mol. The maximum atomic E-state index is 6.30. The summed E-state index contributed by atoms with van der Waals surface area (Å²) in [6.07, 6.45) is 8.25. The van der Waals surface area contributed by atoms with Gasteiger partial charge in [-0.3, -0.25) is 0 Å². The third-order valence-electron chi connectivity index (χ3n) is 6.61. The Kier molecular flexibility index (Phi) is 6.81. The van der Waals surface area contributed by atoms with Crippen LogP contribution in [0.4, 0.5) is 5.69 Å². The van der Waals surface area contributed by atoms with Gasteiger partial charge in [0.1, 0.15) is 5.75 Å². The molecule has 0 saturated heterocycles. The Bertz CT molecular complexity index is 940. The number of thiocarbonyl (C=S) groups is 1. The summed E-state index contributed by atoms with van der Waals surface area (Å²) in [5, 5.41) is 4.54. The van der Waals surface area contributed by atoms with E-state index in [1.807, 2.05) is 24.3 Å². The fourth-order valence-corrected chi connectivity index (χ4v) is 5.26. The lowest BCUT2D eigenvalue weighted by Gasteiger charge is -2.39. The molecule has 0 radical (unpaired) electrons. The Balaban J connectivity index is 1.62. The van der Waals surface area contributed by atoms with E-state index in [0.717, 1.165) is 41.0 Å². The molecule has 164 valence electrons. The van der Waals surface area contributed by atoms with Crippen molar-refractivity contribution in [3.05, 3.63) is 65.7 Å². The molecular formula is C26H33N3OS. The number of rotatable bonds is 4. The second-order valence-corrected chi connectivity index (χ2v) is 9.25. The summed E-state index contributed by atoms with van der Waals surface area (Å²) in [4.78, 5) is 2.33. The molecule has 31 heavy (non-hydrogen) atoms. The van der Waals surface area contributed by atoms with Crippen LogP contribution >= 0.6 is 12.2 Å². The van der Waals surface area contributed by atoms with E-state index < -0.39 is 0 Å². The van der Waals surface area contributed by atoms with E-state index in [1.54, 1.807) is 7.11 Å². The molecule has 1 aliphatic carbocycles. The SMILES string of the molecule is COc1ccc(C2C=C(c3ccccc3N)CCN2C(=S)NC2CCCC(C)C2)cc1. The first kappa shape index (κ1) is 21.7. The van der Waals surface area contributed by atoms with E-state index in [4.69, 9.17) is 22.7 Å². The highest BCUT2D eigenvalue weighted by molar-refractivity contribution is 7.80. The van der Waals surface area contributed by atoms with Crippen molar-refractivity contribution < 1.29 is 4.74 Å². The number of benzene rings is 2. The van der Waals surface area contributed by atoms with Crippen molar-refractivity contribution in [1.82, 2.24) is 10.2 Å². The molecular weight excluding hydrogens is 402 g/mol. The third kappa shape index (κ3) is 5.04. The number of para-hydroxylation sites is 1. The second-order valence-electron chi connectivity index (χ2n) is 8.86. The zero-order valence-corrected chi connectivity index (χ0v) is 19.3. The van der Waals surface area contributed by atoms with Gasteiger partial charge in [0.15, 0.2) is 5.11 Å². The Morgan fingerprint density at radius 2 is 1.90 bits per heavy atom. The van der Waals surface area contributed by atoms with Gasteiger partial charge in [-0.1, -0.05) is 56.2 Å². The van der Waals surface area contributed by atoms with Gasteiger partial charge in [-0.2, -0.15) is 0 Å². The van der Waals surface area contributed by atoms with E-state index in [-0.39, 0.29) is 6.04 Å². The molecule has 1 fully saturated rings. The van der Waals surface area contributed by atoms with Gasteiger partial charge in [0.05, 0.1) is 13.2 Å². The maximum Gasteiger partial charge on any atom is 0.169 e. The summed E-state index contributed by atoms with van der Waals surface area (Å²) in [5.74, 6) is 1.62. The summed E-state index contributed by atoms with van der Waals surface area (Å²) in [6, 6.07) is 17.0. The Labute approximate surface area is 191 Å². The summed E-state index contributed by atoms with van der Waals surface area (Å²) in [6.45, 7) is 3.21. The van der Waals surface area contributed by atoms with Crippen molar-refractivity contribution in [3.63, 3.8) is 0 Å². The van der Waals surface area contributed by atoms with Gasteiger partial charge in [0.2, 0.25) is 0 Å². The fraction of sp³-hybridized carbons (Fsp3) is 0.423. The minimum absolute atomic E-state index is 0.0651. The first-order valence-corrected chi connectivity index (χ1v) is 11.7. The first-order valence-electron chi connectivity index (χ1n) is 11.3. The molecule has 2 aromatic rings. The maximum absolute atomic E-state index is 6.30. The first-order chi connectivity index (χ1) is 15.0. The minimum Gasteiger partial charge on any atom is -0.497 e. The van der Waals surface area contributed by atoms with Crippen LogP contribution in [0.1, 0.15) is 56.2 Å². The van der Waals surface area contributed by atoms with Crippen LogP contribution in [0.25, 0.3) is 5.57 Å². The number of nitrogens with zero attached hydrogens (tertiary/aromatic N) is 1. The number of hydrogen-bond acceptors (Lipinski definition) is 3. The number of methoxy groups -OCH3 is 1. The lowest BCUT2D eigenvalue weighted by Crippen LogP contribution is -2.48. The molecule has 1 saturated carbocycles. The van der Waals surface area contributed by atoms with Crippen molar-refractivity contribution in [1.29, 1.82) is 0 Å². The third-order valence-corrected chi connectivity index (χ3v) is 6.96. The van der Waals surface area contributed by atoms with Crippen LogP contribution in [0.3, 0.4) is 0 Å². The molecule has 0 bridgehead atoms. The molecule has 1 aliphatic heterocycles. The van der Waals surface area contributed by atoms with Crippen LogP contribution in [-0.2, 0) is 0 Å². The normalized spacial score (nSPS) is 23.7. The van der Waals surface area contributed by atoms with Crippen molar-refractivity contribution in [2.45, 2.75) is 51.1 Å². The molecule has 2 aromatic carbocycles. The van der Waals surface area contributed by atoms with Crippen LogP contribution < -0.4 is 15.8 Å². The van der Waals surface area contributed by atoms with Crippen LogP contribution in [0.5, 0.6) is 5.75 Å². The molecule has 3 unspecified atom stereocenters. The molecule has 0 aromatic heterocycles. The van der Waals surface area contributed by atoms with Crippen molar-refractivity contribution >= 4 is 28.6 Å². The smallest absolute Gasteiger partial charge is 0.169 e. The van der Waals surface area contributed by atoms with Crippen LogP contribution in [0, 0.1) is 5.92 Å². The van der Waals surface area contributed by atoms with Crippen molar-refractivity contribution in [2.75, 3.05) is 19.4 Å².